The number of amides is 1. The lowest BCUT2D eigenvalue weighted by molar-refractivity contribution is 0.0950. The minimum Gasteiger partial charge on any atom is -0.497 e. The Morgan fingerprint density at radius 3 is 2.03 bits per heavy atom. The van der Waals surface area contributed by atoms with Gasteiger partial charge in [-0.25, -0.2) is 10.9 Å². The molecule has 35 heavy (non-hydrogen) atoms. The average molecular weight is 478 g/mol. The van der Waals surface area contributed by atoms with Crippen molar-refractivity contribution in [2.75, 3.05) is 28.4 Å². The molecule has 1 fully saturated rings. The number of benzene rings is 3. The Labute approximate surface area is 205 Å². The van der Waals surface area contributed by atoms with E-state index >= 15 is 0 Å². The van der Waals surface area contributed by atoms with E-state index in [1.165, 1.54) is 5.56 Å². The number of rotatable bonds is 9. The van der Waals surface area contributed by atoms with Crippen LogP contribution in [0.2, 0.25) is 0 Å². The zero-order chi connectivity index (χ0) is 24.8. The van der Waals surface area contributed by atoms with Crippen LogP contribution in [-0.2, 0) is 6.54 Å². The smallest absolute Gasteiger partial charge is 0.251 e. The SMILES string of the molecule is COc1cccc(C2CC(c3ccc(C(=O)NCc4c(OC)cc(OC)cc4OC)cc3)NN2)c1. The number of nitrogens with one attached hydrogen (secondary N) is 3. The maximum absolute atomic E-state index is 12.8. The van der Waals surface area contributed by atoms with E-state index in [1.807, 2.05) is 42.5 Å². The van der Waals surface area contributed by atoms with Gasteiger partial charge in [0.25, 0.3) is 5.91 Å². The highest BCUT2D eigenvalue weighted by Crippen LogP contribution is 2.34. The Morgan fingerprint density at radius 1 is 0.800 bits per heavy atom. The minimum absolute atomic E-state index is 0.135. The monoisotopic (exact) mass is 477 g/mol. The Hall–Kier alpha value is -3.75. The fourth-order valence-electron chi connectivity index (χ4n) is 4.24. The quantitative estimate of drug-likeness (QED) is 0.430. The molecule has 0 spiro atoms. The van der Waals surface area contributed by atoms with Gasteiger partial charge < -0.3 is 24.3 Å². The van der Waals surface area contributed by atoms with Crippen molar-refractivity contribution in [2.24, 2.45) is 0 Å². The minimum atomic E-state index is -0.178. The Balaban J connectivity index is 1.39. The van der Waals surface area contributed by atoms with Gasteiger partial charge in [-0.05, 0) is 41.8 Å². The Bertz CT molecular complexity index is 1140. The van der Waals surface area contributed by atoms with E-state index in [0.717, 1.165) is 23.3 Å². The average Bonchev–Trinajstić information content (AvgIpc) is 3.41. The van der Waals surface area contributed by atoms with Crippen LogP contribution in [-0.4, -0.2) is 34.3 Å². The van der Waals surface area contributed by atoms with Crippen molar-refractivity contribution in [1.29, 1.82) is 0 Å². The third-order valence-electron chi connectivity index (χ3n) is 6.22. The molecule has 3 N–H and O–H groups in total. The largest absolute Gasteiger partial charge is 0.497 e. The molecule has 0 radical (unpaired) electrons. The van der Waals surface area contributed by atoms with Crippen LogP contribution >= 0.6 is 0 Å². The first-order valence-electron chi connectivity index (χ1n) is 11.4. The van der Waals surface area contributed by atoms with Gasteiger partial charge in [0.05, 0.1) is 40.5 Å². The second kappa shape index (κ2) is 11.1. The van der Waals surface area contributed by atoms with Crippen molar-refractivity contribution in [1.82, 2.24) is 16.2 Å². The lowest BCUT2D eigenvalue weighted by Crippen LogP contribution is -2.27. The normalized spacial score (nSPS) is 17.0. The van der Waals surface area contributed by atoms with Gasteiger partial charge in [0.15, 0.2) is 0 Å². The van der Waals surface area contributed by atoms with Crippen LogP contribution in [0.5, 0.6) is 23.0 Å². The molecule has 0 aromatic heterocycles. The summed E-state index contributed by atoms with van der Waals surface area (Å²) < 4.78 is 21.5. The topological polar surface area (TPSA) is 90.1 Å². The van der Waals surface area contributed by atoms with Crippen molar-refractivity contribution < 1.29 is 23.7 Å². The van der Waals surface area contributed by atoms with E-state index in [0.29, 0.717) is 22.8 Å². The summed E-state index contributed by atoms with van der Waals surface area (Å²) in [5, 5.41) is 2.95. The van der Waals surface area contributed by atoms with Crippen molar-refractivity contribution in [3.63, 3.8) is 0 Å². The van der Waals surface area contributed by atoms with Crippen LogP contribution in [0.25, 0.3) is 0 Å². The molecule has 3 aromatic rings. The summed E-state index contributed by atoms with van der Waals surface area (Å²) in [4.78, 5) is 12.8. The van der Waals surface area contributed by atoms with Crippen molar-refractivity contribution in [2.45, 2.75) is 25.0 Å². The lowest BCUT2D eigenvalue weighted by atomic mass is 9.97. The van der Waals surface area contributed by atoms with Crippen LogP contribution in [0.15, 0.2) is 60.7 Å². The first-order valence-corrected chi connectivity index (χ1v) is 11.4. The molecule has 1 amide bonds. The van der Waals surface area contributed by atoms with E-state index in [1.54, 1.807) is 40.6 Å². The molecule has 0 aliphatic carbocycles. The number of hydrogen-bond donors (Lipinski definition) is 3. The fraction of sp³-hybridized carbons (Fsp3) is 0.296. The van der Waals surface area contributed by atoms with Gasteiger partial charge in [0, 0.05) is 29.8 Å². The molecule has 4 rings (SSSR count). The van der Waals surface area contributed by atoms with E-state index in [9.17, 15) is 4.79 Å². The molecule has 0 bridgehead atoms. The lowest BCUT2D eigenvalue weighted by Gasteiger charge is -2.16. The predicted octanol–water partition coefficient (Wildman–Crippen LogP) is 3.93. The molecular weight excluding hydrogens is 446 g/mol. The summed E-state index contributed by atoms with van der Waals surface area (Å²) in [6.07, 6.45) is 0.885. The third kappa shape index (κ3) is 5.50. The van der Waals surface area contributed by atoms with Crippen molar-refractivity contribution in [3.05, 3.63) is 82.9 Å². The van der Waals surface area contributed by atoms with E-state index < -0.39 is 0 Å². The third-order valence-corrected chi connectivity index (χ3v) is 6.22. The van der Waals surface area contributed by atoms with Gasteiger partial charge in [-0.3, -0.25) is 4.79 Å². The summed E-state index contributed by atoms with van der Waals surface area (Å²) in [5.74, 6) is 2.45. The first kappa shape index (κ1) is 24.4. The molecule has 2 unspecified atom stereocenters. The number of ether oxygens (including phenoxy) is 4. The second-order valence-electron chi connectivity index (χ2n) is 8.22. The highest BCUT2D eigenvalue weighted by molar-refractivity contribution is 5.94. The molecule has 1 saturated heterocycles. The van der Waals surface area contributed by atoms with Crippen molar-refractivity contribution in [3.8, 4) is 23.0 Å². The molecule has 2 atom stereocenters. The van der Waals surface area contributed by atoms with Crippen LogP contribution in [0.1, 0.15) is 45.6 Å². The van der Waals surface area contributed by atoms with Gasteiger partial charge >= 0.3 is 0 Å². The summed E-state index contributed by atoms with van der Waals surface area (Å²) in [7, 11) is 6.39. The molecule has 8 nitrogen and oxygen atoms in total. The fourth-order valence-corrected chi connectivity index (χ4v) is 4.24. The molecule has 1 aliphatic heterocycles. The maximum atomic E-state index is 12.8. The van der Waals surface area contributed by atoms with Crippen LogP contribution in [0.3, 0.4) is 0 Å². The van der Waals surface area contributed by atoms with Gasteiger partial charge in [0.2, 0.25) is 0 Å². The summed E-state index contributed by atoms with van der Waals surface area (Å²) >= 11 is 0. The second-order valence-corrected chi connectivity index (χ2v) is 8.22. The Kier molecular flexibility index (Phi) is 7.74. The van der Waals surface area contributed by atoms with E-state index in [2.05, 4.69) is 22.2 Å². The number of hydrazine groups is 1. The Morgan fingerprint density at radius 2 is 1.43 bits per heavy atom. The number of carbonyl (C=O) groups is 1. The van der Waals surface area contributed by atoms with E-state index in [-0.39, 0.29) is 24.5 Å². The molecular formula is C27H31N3O5. The molecule has 8 heteroatoms. The number of methoxy groups -OCH3 is 4. The molecule has 1 aliphatic rings. The molecule has 0 saturated carbocycles. The zero-order valence-electron chi connectivity index (χ0n) is 20.4. The summed E-state index contributed by atoms with van der Waals surface area (Å²) in [5.41, 5.74) is 10.3. The number of carbonyl (C=O) groups excluding carboxylic acids is 1. The van der Waals surface area contributed by atoms with E-state index in [4.69, 9.17) is 18.9 Å². The van der Waals surface area contributed by atoms with Gasteiger partial charge in [0.1, 0.15) is 23.0 Å². The summed E-state index contributed by atoms with van der Waals surface area (Å²) in [6, 6.07) is 19.5. The van der Waals surface area contributed by atoms with Gasteiger partial charge in [-0.1, -0.05) is 24.3 Å². The molecule has 3 aromatic carbocycles. The summed E-state index contributed by atoms with van der Waals surface area (Å²) in [6.45, 7) is 0.257. The van der Waals surface area contributed by atoms with Crippen LogP contribution in [0.4, 0.5) is 0 Å². The molecule has 1 heterocycles. The predicted molar refractivity (Wildman–Crippen MR) is 133 cm³/mol. The number of hydrogen-bond acceptors (Lipinski definition) is 7. The maximum Gasteiger partial charge on any atom is 0.251 e. The van der Waals surface area contributed by atoms with Crippen LogP contribution < -0.4 is 35.1 Å². The highest BCUT2D eigenvalue weighted by atomic mass is 16.5. The highest BCUT2D eigenvalue weighted by Gasteiger charge is 2.26. The zero-order valence-corrected chi connectivity index (χ0v) is 20.4. The van der Waals surface area contributed by atoms with Gasteiger partial charge in [-0.2, -0.15) is 0 Å². The molecule has 184 valence electrons. The van der Waals surface area contributed by atoms with Crippen molar-refractivity contribution >= 4 is 5.91 Å². The van der Waals surface area contributed by atoms with Crippen LogP contribution in [0, 0.1) is 0 Å². The standard InChI is InChI=1S/C27H31N3O5/c1-32-20-7-5-6-19(12-20)24-15-23(29-30-24)17-8-10-18(11-9-17)27(31)28-16-22-25(34-3)13-21(33-2)14-26(22)35-4/h5-14,23-24,29-30H,15-16H2,1-4H3,(H,28,31). The first-order chi connectivity index (χ1) is 17.1. The van der Waals surface area contributed by atoms with Gasteiger partial charge in [-0.15, -0.1) is 0 Å².